The summed E-state index contributed by atoms with van der Waals surface area (Å²) in [5.41, 5.74) is 2.85. The highest BCUT2D eigenvalue weighted by Gasteiger charge is 2.68. The Hall–Kier alpha value is -1.66. The predicted octanol–water partition coefficient (Wildman–Crippen LogP) is 3.19. The highest BCUT2D eigenvalue weighted by molar-refractivity contribution is 5.79. The summed E-state index contributed by atoms with van der Waals surface area (Å²) in [7, 11) is 5.14. The van der Waals surface area contributed by atoms with Crippen molar-refractivity contribution >= 4 is 5.69 Å². The molecule has 3 fully saturated rings. The highest BCUT2D eigenvalue weighted by atomic mass is 16.5. The lowest BCUT2D eigenvalue weighted by Gasteiger charge is -2.59. The number of ether oxygens (including phenoxy) is 3. The number of aliphatic hydroxyl groups excluding tert-OH is 1. The number of rotatable bonds is 6. The molecule has 2 saturated heterocycles. The molecule has 5 rings (SSSR count). The molecule has 1 aliphatic carbocycles. The first kappa shape index (κ1) is 20.3. The second-order valence-electron chi connectivity index (χ2n) is 9.55. The average molecular weight is 417 g/mol. The minimum absolute atomic E-state index is 0.0615. The number of aliphatic hydroxyl groups is 1. The second-order valence-corrected chi connectivity index (χ2v) is 9.55. The van der Waals surface area contributed by atoms with E-state index >= 15 is 0 Å². The standard InChI is InChI=1S/C24H36N2O4/c1-5-26-18-7-9-23(11-14-27)8-6-12-25-13-10-24(18,22(23)25)16-15-17(28-2)20(29-3)21(30-4)19(16)26/h15,18,22,27H,5-14H2,1-4H3. The SMILES string of the molecule is CCN1c2c(cc(OC)c(OC)c2OC)C23CCN4CCCC(CCO)(CCC12)C43. The lowest BCUT2D eigenvalue weighted by atomic mass is 9.52. The van der Waals surface area contributed by atoms with Crippen LogP contribution in [0.2, 0.25) is 0 Å². The Balaban J connectivity index is 1.77. The first-order chi connectivity index (χ1) is 14.6. The summed E-state index contributed by atoms with van der Waals surface area (Å²) in [5.74, 6) is 2.25. The van der Waals surface area contributed by atoms with Gasteiger partial charge in [0.2, 0.25) is 5.75 Å². The first-order valence-electron chi connectivity index (χ1n) is 11.6. The van der Waals surface area contributed by atoms with Crippen molar-refractivity contribution in [3.8, 4) is 17.2 Å². The summed E-state index contributed by atoms with van der Waals surface area (Å²) >= 11 is 0. The van der Waals surface area contributed by atoms with E-state index in [0.29, 0.717) is 17.8 Å². The van der Waals surface area contributed by atoms with Gasteiger partial charge in [0.05, 0.1) is 27.0 Å². The smallest absolute Gasteiger partial charge is 0.205 e. The maximum atomic E-state index is 10.0. The Kier molecular flexibility index (Phi) is 4.86. The van der Waals surface area contributed by atoms with Crippen LogP contribution in [-0.2, 0) is 5.41 Å². The molecule has 6 nitrogen and oxygen atoms in total. The molecule has 1 saturated carbocycles. The van der Waals surface area contributed by atoms with Gasteiger partial charge in [0.1, 0.15) is 0 Å². The molecule has 4 atom stereocenters. The lowest BCUT2D eigenvalue weighted by molar-refractivity contribution is -0.0451. The molecule has 1 aromatic rings. The van der Waals surface area contributed by atoms with Crippen molar-refractivity contribution in [2.75, 3.05) is 52.5 Å². The topological polar surface area (TPSA) is 54.4 Å². The molecule has 3 aliphatic heterocycles. The summed E-state index contributed by atoms with van der Waals surface area (Å²) in [6.07, 6.45) is 6.92. The Morgan fingerprint density at radius 1 is 1.07 bits per heavy atom. The predicted molar refractivity (Wildman–Crippen MR) is 117 cm³/mol. The van der Waals surface area contributed by atoms with Crippen LogP contribution in [0.4, 0.5) is 5.69 Å². The fourth-order valence-electron chi connectivity index (χ4n) is 7.98. The second kappa shape index (κ2) is 7.20. The monoisotopic (exact) mass is 416 g/mol. The van der Waals surface area contributed by atoms with Crippen molar-refractivity contribution in [3.05, 3.63) is 11.6 Å². The van der Waals surface area contributed by atoms with Crippen LogP contribution in [0.15, 0.2) is 6.07 Å². The van der Waals surface area contributed by atoms with E-state index in [2.05, 4.69) is 22.8 Å². The van der Waals surface area contributed by atoms with E-state index < -0.39 is 0 Å². The Labute approximate surface area is 180 Å². The Morgan fingerprint density at radius 2 is 1.87 bits per heavy atom. The molecular formula is C24H36N2O4. The fourth-order valence-corrected chi connectivity index (χ4v) is 7.98. The van der Waals surface area contributed by atoms with Gasteiger partial charge in [-0.1, -0.05) is 0 Å². The van der Waals surface area contributed by atoms with Crippen LogP contribution in [0, 0.1) is 5.41 Å². The molecule has 1 spiro atoms. The number of hydrogen-bond acceptors (Lipinski definition) is 6. The van der Waals surface area contributed by atoms with Crippen molar-refractivity contribution in [3.63, 3.8) is 0 Å². The molecule has 1 N–H and O–H groups in total. The molecule has 0 radical (unpaired) electrons. The number of fused-ring (bicyclic) bond motifs is 1. The van der Waals surface area contributed by atoms with Crippen molar-refractivity contribution in [2.45, 2.75) is 62.9 Å². The summed E-state index contributed by atoms with van der Waals surface area (Å²) in [6, 6.07) is 3.18. The van der Waals surface area contributed by atoms with Crippen LogP contribution < -0.4 is 19.1 Å². The molecule has 0 amide bonds. The van der Waals surface area contributed by atoms with E-state index in [0.717, 1.165) is 37.4 Å². The van der Waals surface area contributed by atoms with Gasteiger partial charge in [-0.25, -0.2) is 0 Å². The maximum Gasteiger partial charge on any atom is 0.205 e. The minimum Gasteiger partial charge on any atom is -0.493 e. The van der Waals surface area contributed by atoms with Gasteiger partial charge in [-0.05, 0) is 75.6 Å². The molecule has 4 aliphatic rings. The Morgan fingerprint density at radius 3 is 2.53 bits per heavy atom. The number of likely N-dealkylation sites (N-methyl/N-ethyl adjacent to an activating group) is 1. The van der Waals surface area contributed by atoms with Gasteiger partial charge in [-0.2, -0.15) is 0 Å². The van der Waals surface area contributed by atoms with Gasteiger partial charge in [0, 0.05) is 30.7 Å². The summed E-state index contributed by atoms with van der Waals surface area (Å²) in [5, 5.41) is 10.0. The first-order valence-corrected chi connectivity index (χ1v) is 11.6. The fraction of sp³-hybridized carbons (Fsp3) is 0.750. The van der Waals surface area contributed by atoms with E-state index in [4.69, 9.17) is 14.2 Å². The van der Waals surface area contributed by atoms with Gasteiger partial charge >= 0.3 is 0 Å². The van der Waals surface area contributed by atoms with E-state index in [1.807, 2.05) is 0 Å². The van der Waals surface area contributed by atoms with E-state index in [-0.39, 0.29) is 17.4 Å². The third-order valence-electron chi connectivity index (χ3n) is 8.80. The van der Waals surface area contributed by atoms with Crippen LogP contribution in [0.1, 0.15) is 51.0 Å². The minimum atomic E-state index is 0.0615. The number of hydrogen-bond donors (Lipinski definition) is 1. The van der Waals surface area contributed by atoms with Crippen LogP contribution in [0.3, 0.4) is 0 Å². The van der Waals surface area contributed by atoms with E-state index in [9.17, 15) is 5.11 Å². The highest BCUT2D eigenvalue weighted by Crippen LogP contribution is 2.68. The van der Waals surface area contributed by atoms with Crippen LogP contribution in [0.25, 0.3) is 0 Å². The number of methoxy groups -OCH3 is 3. The zero-order valence-corrected chi connectivity index (χ0v) is 18.9. The molecule has 3 heterocycles. The van der Waals surface area contributed by atoms with Crippen molar-refractivity contribution < 1.29 is 19.3 Å². The van der Waals surface area contributed by atoms with Crippen molar-refractivity contribution in [2.24, 2.45) is 5.41 Å². The number of anilines is 1. The van der Waals surface area contributed by atoms with Crippen molar-refractivity contribution in [1.29, 1.82) is 0 Å². The molecule has 0 aromatic heterocycles. The molecule has 6 heteroatoms. The third kappa shape index (κ3) is 2.32. The molecule has 166 valence electrons. The van der Waals surface area contributed by atoms with E-state index in [1.165, 1.54) is 43.5 Å². The summed E-state index contributed by atoms with van der Waals surface area (Å²) < 4.78 is 17.5. The number of nitrogens with zero attached hydrogens (tertiary/aromatic N) is 2. The van der Waals surface area contributed by atoms with Crippen LogP contribution >= 0.6 is 0 Å². The number of benzene rings is 1. The summed E-state index contributed by atoms with van der Waals surface area (Å²) in [4.78, 5) is 5.33. The van der Waals surface area contributed by atoms with E-state index in [1.54, 1.807) is 21.3 Å². The number of piperidine rings is 1. The molecule has 0 bridgehead atoms. The third-order valence-corrected chi connectivity index (χ3v) is 8.80. The van der Waals surface area contributed by atoms with Gasteiger partial charge < -0.3 is 24.2 Å². The normalized spacial score (nSPS) is 34.4. The Bertz CT molecular complexity index is 826. The molecule has 30 heavy (non-hydrogen) atoms. The average Bonchev–Trinajstić information content (AvgIpc) is 3.29. The molecular weight excluding hydrogens is 380 g/mol. The van der Waals surface area contributed by atoms with Crippen molar-refractivity contribution in [1.82, 2.24) is 4.90 Å². The van der Waals surface area contributed by atoms with Gasteiger partial charge in [0.15, 0.2) is 11.5 Å². The van der Waals surface area contributed by atoms with Crippen LogP contribution in [-0.4, -0.2) is 69.7 Å². The molecule has 1 aromatic carbocycles. The summed E-state index contributed by atoms with van der Waals surface area (Å²) in [6.45, 7) is 5.80. The van der Waals surface area contributed by atoms with Gasteiger partial charge in [-0.15, -0.1) is 0 Å². The maximum absolute atomic E-state index is 10.0. The van der Waals surface area contributed by atoms with Gasteiger partial charge in [-0.3, -0.25) is 4.90 Å². The van der Waals surface area contributed by atoms with Crippen LogP contribution in [0.5, 0.6) is 17.2 Å². The molecule has 4 unspecified atom stereocenters. The zero-order chi connectivity index (χ0) is 21.1. The quantitative estimate of drug-likeness (QED) is 0.769. The largest absolute Gasteiger partial charge is 0.493 e. The zero-order valence-electron chi connectivity index (χ0n) is 18.9. The lowest BCUT2D eigenvalue weighted by Crippen LogP contribution is -2.65. The van der Waals surface area contributed by atoms with Gasteiger partial charge in [0.25, 0.3) is 0 Å².